The van der Waals surface area contributed by atoms with E-state index >= 15 is 4.39 Å². The summed E-state index contributed by atoms with van der Waals surface area (Å²) < 4.78 is 69.1. The van der Waals surface area contributed by atoms with Crippen molar-refractivity contribution in [3.8, 4) is 22.4 Å². The third kappa shape index (κ3) is 7.80. The van der Waals surface area contributed by atoms with Crippen molar-refractivity contribution >= 4 is 61.7 Å². The molecule has 0 radical (unpaired) electrons. The van der Waals surface area contributed by atoms with Gasteiger partial charge in [-0.05, 0) is 54.7 Å². The molecule has 0 saturated carbocycles. The van der Waals surface area contributed by atoms with Crippen LogP contribution in [0.1, 0.15) is 63.6 Å². The first-order chi connectivity index (χ1) is 30.7. The highest BCUT2D eigenvalue weighted by Crippen LogP contribution is 2.38. The van der Waals surface area contributed by atoms with Crippen molar-refractivity contribution in [3.05, 3.63) is 107 Å². The first-order valence-electron chi connectivity index (χ1n) is 20.3. The minimum absolute atomic E-state index is 0.0421. The standard InChI is InChI=1S/C43H40F3N11O6S/c1-54-38-29(20-49-39(47)36(38)37(52-54)25-8-9-31(30(44)17-25)53-64(62,63)43(45)46)26-19-50-56(22-26)27-12-14-55(15-13-27)21-24-5-2-4-23(16-24)18-48-32-7-3-6-28-35(32)42(61)57(41(28)60)33-10-11-34(58)51-40(33)59/h2-9,16-17,19-20,22,27,33,43,48,53H,10-15,18,21H2,1H3,(H2,47,49)(H,51,58,59). The molecule has 3 aromatic carbocycles. The SMILES string of the molecule is Cn1nc(-c2ccc(NS(=O)(=O)C(F)F)c(F)c2)c2c(N)ncc(-c3cnn(C4CCN(Cc5cccc(CNc6cccc7c6C(=O)N(C6CCC(=O)NC6=O)C7=O)c5)CC4)c3)c21. The monoisotopic (exact) mass is 895 g/mol. The second kappa shape index (κ2) is 16.5. The zero-order valence-corrected chi connectivity index (χ0v) is 34.9. The largest absolute Gasteiger partial charge is 0.383 e. The van der Waals surface area contributed by atoms with Gasteiger partial charge in [0.1, 0.15) is 23.4 Å². The number of aromatic nitrogens is 5. The normalized spacial score (nSPS) is 17.4. The molecular formula is C43H40F3N11O6S. The number of rotatable bonds is 12. The zero-order valence-electron chi connectivity index (χ0n) is 34.1. The van der Waals surface area contributed by atoms with Crippen molar-refractivity contribution in [3.63, 3.8) is 0 Å². The van der Waals surface area contributed by atoms with Crippen LogP contribution in [-0.2, 0) is 39.7 Å². The lowest BCUT2D eigenvalue weighted by Gasteiger charge is -2.32. The quantitative estimate of drug-likeness (QED) is 0.119. The molecule has 6 aromatic rings. The third-order valence-electron chi connectivity index (χ3n) is 11.8. The van der Waals surface area contributed by atoms with Crippen LogP contribution >= 0.6 is 0 Å². The fourth-order valence-electron chi connectivity index (χ4n) is 8.67. The minimum atomic E-state index is -5.08. The van der Waals surface area contributed by atoms with Gasteiger partial charge in [-0.2, -0.15) is 19.0 Å². The van der Waals surface area contributed by atoms with E-state index in [0.717, 1.165) is 66.2 Å². The molecule has 3 aliphatic heterocycles. The van der Waals surface area contributed by atoms with E-state index in [2.05, 4.69) is 37.7 Å². The van der Waals surface area contributed by atoms with Crippen LogP contribution in [0.2, 0.25) is 0 Å². The highest BCUT2D eigenvalue weighted by molar-refractivity contribution is 7.93. The number of amides is 4. The number of nitrogens with two attached hydrogens (primary N) is 1. The van der Waals surface area contributed by atoms with Gasteiger partial charge in [0, 0.05) is 74.4 Å². The smallest absolute Gasteiger partial charge is 0.355 e. The fourth-order valence-corrected chi connectivity index (χ4v) is 9.23. The van der Waals surface area contributed by atoms with Crippen LogP contribution in [-0.4, -0.2) is 91.3 Å². The van der Waals surface area contributed by atoms with Crippen molar-refractivity contribution in [2.75, 3.05) is 28.9 Å². The Bertz CT molecular complexity index is 3000. The van der Waals surface area contributed by atoms with Crippen molar-refractivity contribution in [1.29, 1.82) is 0 Å². The summed E-state index contributed by atoms with van der Waals surface area (Å²) in [5, 5.41) is 15.2. The first-order valence-corrected chi connectivity index (χ1v) is 21.9. The summed E-state index contributed by atoms with van der Waals surface area (Å²) in [5.74, 6) is -6.91. The Hall–Kier alpha value is -7.13. The van der Waals surface area contributed by atoms with Gasteiger partial charge in [-0.3, -0.25) is 48.4 Å². The number of nitrogens with zero attached hydrogens (tertiary/aromatic N) is 7. The van der Waals surface area contributed by atoms with E-state index in [1.165, 1.54) is 6.07 Å². The number of alkyl halides is 2. The minimum Gasteiger partial charge on any atom is -0.383 e. The van der Waals surface area contributed by atoms with Gasteiger partial charge in [0.05, 0.1) is 40.0 Å². The molecule has 17 nitrogen and oxygen atoms in total. The summed E-state index contributed by atoms with van der Waals surface area (Å²) in [6.45, 7) is 2.73. The van der Waals surface area contributed by atoms with E-state index in [1.54, 1.807) is 47.0 Å². The van der Waals surface area contributed by atoms with Gasteiger partial charge in [0.25, 0.3) is 21.8 Å². The van der Waals surface area contributed by atoms with Crippen LogP contribution in [0.25, 0.3) is 33.3 Å². The van der Waals surface area contributed by atoms with Crippen molar-refractivity contribution in [1.82, 2.24) is 39.7 Å². The molecule has 3 aliphatic rings. The Morgan fingerprint density at radius 2 is 1.67 bits per heavy atom. The number of hydrogen-bond acceptors (Lipinski definition) is 12. The molecule has 6 heterocycles. The van der Waals surface area contributed by atoms with Gasteiger partial charge >= 0.3 is 5.76 Å². The molecule has 1 atom stereocenters. The molecule has 21 heteroatoms. The van der Waals surface area contributed by atoms with Crippen molar-refractivity contribution in [2.45, 2.75) is 56.6 Å². The topological polar surface area (TPSA) is 220 Å². The third-order valence-corrected chi connectivity index (χ3v) is 12.8. The number of hydrogen-bond donors (Lipinski definition) is 4. The molecule has 4 amide bonds. The van der Waals surface area contributed by atoms with Crippen molar-refractivity contribution < 1.29 is 40.8 Å². The van der Waals surface area contributed by atoms with E-state index < -0.39 is 57.0 Å². The Balaban J connectivity index is 0.838. The van der Waals surface area contributed by atoms with Gasteiger partial charge in [0.2, 0.25) is 11.8 Å². The second-order valence-electron chi connectivity index (χ2n) is 15.9. The van der Waals surface area contributed by atoms with Gasteiger partial charge < -0.3 is 11.1 Å². The number of aryl methyl sites for hydroxylation is 1. The van der Waals surface area contributed by atoms with E-state index in [4.69, 9.17) is 10.8 Å². The second-order valence-corrected chi connectivity index (χ2v) is 17.6. The number of nitrogens with one attached hydrogen (secondary N) is 3. The first kappa shape index (κ1) is 42.2. The Morgan fingerprint density at radius 3 is 2.42 bits per heavy atom. The molecule has 1 unspecified atom stereocenters. The summed E-state index contributed by atoms with van der Waals surface area (Å²) in [7, 11) is -3.38. The molecule has 2 saturated heterocycles. The molecular weight excluding hydrogens is 856 g/mol. The number of sulfonamides is 1. The maximum Gasteiger partial charge on any atom is 0.355 e. The molecule has 64 heavy (non-hydrogen) atoms. The van der Waals surface area contributed by atoms with Gasteiger partial charge in [0.15, 0.2) is 0 Å². The van der Waals surface area contributed by atoms with Crippen molar-refractivity contribution in [2.24, 2.45) is 7.05 Å². The number of nitrogen functional groups attached to an aromatic ring is 1. The van der Waals surface area contributed by atoms with E-state index in [-0.39, 0.29) is 47.1 Å². The number of fused-ring (bicyclic) bond motifs is 2. The number of anilines is 3. The lowest BCUT2D eigenvalue weighted by molar-refractivity contribution is -0.136. The average Bonchev–Trinajstić information content (AvgIpc) is 3.97. The highest BCUT2D eigenvalue weighted by Gasteiger charge is 2.45. The maximum absolute atomic E-state index is 15.0. The van der Waals surface area contributed by atoms with Crippen LogP contribution < -0.4 is 21.1 Å². The van der Waals surface area contributed by atoms with Crippen LogP contribution in [0, 0.1) is 5.82 Å². The van der Waals surface area contributed by atoms with Gasteiger partial charge in [-0.15, -0.1) is 0 Å². The molecule has 5 N–H and O–H groups in total. The number of likely N-dealkylation sites (tertiary alicyclic amines) is 1. The van der Waals surface area contributed by atoms with Crippen LogP contribution in [0.5, 0.6) is 0 Å². The van der Waals surface area contributed by atoms with Gasteiger partial charge in [-0.25, -0.2) is 17.8 Å². The predicted molar refractivity (Wildman–Crippen MR) is 229 cm³/mol. The van der Waals surface area contributed by atoms with Crippen LogP contribution in [0.4, 0.5) is 30.4 Å². The predicted octanol–water partition coefficient (Wildman–Crippen LogP) is 5.03. The lowest BCUT2D eigenvalue weighted by atomic mass is 10.0. The number of benzene rings is 3. The number of piperidine rings is 2. The molecule has 0 aliphatic carbocycles. The summed E-state index contributed by atoms with van der Waals surface area (Å²) >= 11 is 0. The average molecular weight is 896 g/mol. The zero-order chi connectivity index (χ0) is 45.0. The maximum atomic E-state index is 15.0. The Labute approximate surface area is 363 Å². The van der Waals surface area contributed by atoms with E-state index in [9.17, 15) is 36.4 Å². The highest BCUT2D eigenvalue weighted by atomic mass is 32.2. The molecule has 330 valence electrons. The van der Waals surface area contributed by atoms with E-state index in [1.807, 2.05) is 23.0 Å². The van der Waals surface area contributed by atoms with Gasteiger partial charge in [-0.1, -0.05) is 36.4 Å². The number of imide groups is 2. The Kier molecular flexibility index (Phi) is 10.9. The molecule has 0 spiro atoms. The summed E-state index contributed by atoms with van der Waals surface area (Å²) in [5.41, 5.74) is 11.2. The fraction of sp³-hybridized carbons (Fsp3) is 0.279. The van der Waals surface area contributed by atoms with Crippen LogP contribution in [0.15, 0.2) is 79.3 Å². The number of pyridine rings is 1. The van der Waals surface area contributed by atoms with E-state index in [0.29, 0.717) is 28.7 Å². The summed E-state index contributed by atoms with van der Waals surface area (Å²) in [6.07, 6.45) is 7.09. The summed E-state index contributed by atoms with van der Waals surface area (Å²) in [4.78, 5) is 58.8. The molecule has 0 bridgehead atoms. The number of halogens is 3. The Morgan fingerprint density at radius 1 is 0.906 bits per heavy atom. The summed E-state index contributed by atoms with van der Waals surface area (Å²) in [6, 6.07) is 15.6. The molecule has 9 rings (SSSR count). The number of carbonyl (C=O) groups excluding carboxylic acids is 4. The molecule has 2 fully saturated rings. The van der Waals surface area contributed by atoms with Crippen LogP contribution in [0.3, 0.4) is 0 Å². The lowest BCUT2D eigenvalue weighted by Crippen LogP contribution is -2.54. The number of carbonyl (C=O) groups is 4. The molecule has 3 aromatic heterocycles.